The molecule has 0 aliphatic heterocycles. The quantitative estimate of drug-likeness (QED) is 0.591. The van der Waals surface area contributed by atoms with Crippen LogP contribution in [0.1, 0.15) is 38.2 Å². The summed E-state index contributed by atoms with van der Waals surface area (Å²) >= 11 is 0. The van der Waals surface area contributed by atoms with Crippen LogP contribution in [0, 0.1) is 6.08 Å². The van der Waals surface area contributed by atoms with Gasteiger partial charge in [0, 0.05) is 0 Å². The third-order valence-electron chi connectivity index (χ3n) is 1.99. The van der Waals surface area contributed by atoms with Gasteiger partial charge in [-0.1, -0.05) is 56.2 Å². The van der Waals surface area contributed by atoms with Crippen molar-refractivity contribution in [2.24, 2.45) is 0 Å². The van der Waals surface area contributed by atoms with Gasteiger partial charge in [0.1, 0.15) is 0 Å². The van der Waals surface area contributed by atoms with Gasteiger partial charge < -0.3 is 0 Å². The van der Waals surface area contributed by atoms with Crippen molar-refractivity contribution in [1.82, 2.24) is 0 Å². The van der Waals surface area contributed by atoms with Crippen LogP contribution in [0.3, 0.4) is 0 Å². The molecule has 0 bridgehead atoms. The van der Waals surface area contributed by atoms with Crippen molar-refractivity contribution < 1.29 is 0 Å². The Hall–Kier alpha value is -1.04. The molecule has 1 radical (unpaired) electrons. The van der Waals surface area contributed by atoms with Crippen LogP contribution >= 0.6 is 0 Å². The number of allylic oxidation sites excluding steroid dienone is 1. The van der Waals surface area contributed by atoms with Crippen molar-refractivity contribution in [3.05, 3.63) is 48.0 Å². The smallest absolute Gasteiger partial charge is 0.0149 e. The fourth-order valence-electron chi connectivity index (χ4n) is 1.22. The van der Waals surface area contributed by atoms with E-state index in [-0.39, 0.29) is 0 Å². The first-order valence-corrected chi connectivity index (χ1v) is 5.06. The zero-order chi connectivity index (χ0) is 9.36. The highest BCUT2D eigenvalue weighted by Gasteiger charge is 1.84. The molecule has 0 heteroatoms. The molecule has 0 nitrogen and oxygen atoms in total. The highest BCUT2D eigenvalue weighted by molar-refractivity contribution is 5.21. The van der Waals surface area contributed by atoms with Gasteiger partial charge in [0.05, 0.1) is 0 Å². The van der Waals surface area contributed by atoms with E-state index in [0.29, 0.717) is 0 Å². The molecule has 1 aromatic rings. The van der Waals surface area contributed by atoms with Crippen LogP contribution in [0.2, 0.25) is 0 Å². The molecule has 13 heavy (non-hydrogen) atoms. The molecule has 69 valence electrons. The van der Waals surface area contributed by atoms with Crippen LogP contribution in [0.15, 0.2) is 36.4 Å². The third kappa shape index (κ3) is 4.51. The van der Waals surface area contributed by atoms with E-state index in [9.17, 15) is 0 Å². The maximum Gasteiger partial charge on any atom is -0.0149 e. The second-order valence-corrected chi connectivity index (χ2v) is 3.21. The second kappa shape index (κ2) is 6.47. The lowest BCUT2D eigenvalue weighted by atomic mass is 10.1. The molecular weight excluding hydrogens is 156 g/mol. The van der Waals surface area contributed by atoms with Gasteiger partial charge in [-0.15, -0.1) is 0 Å². The first-order chi connectivity index (χ1) is 6.43. The summed E-state index contributed by atoms with van der Waals surface area (Å²) in [6.45, 7) is 2.23. The predicted octanol–water partition coefficient (Wildman–Crippen LogP) is 3.97. The molecular formula is C13H17. The van der Waals surface area contributed by atoms with Crippen LogP contribution in [0.5, 0.6) is 0 Å². The number of hydrogen-bond donors (Lipinski definition) is 0. The fraction of sp³-hybridized carbons (Fsp3) is 0.385. The molecule has 1 aromatic carbocycles. The van der Waals surface area contributed by atoms with Crippen molar-refractivity contribution in [2.45, 2.75) is 32.6 Å². The van der Waals surface area contributed by atoms with Crippen molar-refractivity contribution in [3.8, 4) is 0 Å². The molecule has 0 saturated carbocycles. The summed E-state index contributed by atoms with van der Waals surface area (Å²) in [6, 6.07) is 10.3. The van der Waals surface area contributed by atoms with E-state index in [4.69, 9.17) is 0 Å². The van der Waals surface area contributed by atoms with E-state index >= 15 is 0 Å². The van der Waals surface area contributed by atoms with E-state index < -0.39 is 0 Å². The standard InChI is InChI=1S/C13H17/c1-2-3-4-5-7-10-13-11-8-6-9-12-13/h6-9,11-12H,2-5H2,1H3. The van der Waals surface area contributed by atoms with Gasteiger partial charge in [0.2, 0.25) is 0 Å². The van der Waals surface area contributed by atoms with Gasteiger partial charge >= 0.3 is 0 Å². The zero-order valence-electron chi connectivity index (χ0n) is 8.29. The highest BCUT2D eigenvalue weighted by atomic mass is 13.9. The molecule has 0 fully saturated rings. The summed E-state index contributed by atoms with van der Waals surface area (Å²) in [4.78, 5) is 0. The fourth-order valence-corrected chi connectivity index (χ4v) is 1.22. The monoisotopic (exact) mass is 173 g/mol. The number of unbranched alkanes of at least 4 members (excludes halogenated alkanes) is 3. The summed E-state index contributed by atoms with van der Waals surface area (Å²) in [5.74, 6) is 0. The minimum atomic E-state index is 1.16. The Morgan fingerprint density at radius 2 is 1.92 bits per heavy atom. The van der Waals surface area contributed by atoms with E-state index in [2.05, 4.69) is 31.2 Å². The molecule has 0 spiro atoms. The molecule has 0 unspecified atom stereocenters. The maximum absolute atomic E-state index is 3.28. The van der Waals surface area contributed by atoms with Crippen LogP contribution < -0.4 is 0 Å². The van der Waals surface area contributed by atoms with E-state index in [0.717, 1.165) is 6.42 Å². The van der Waals surface area contributed by atoms with Crippen molar-refractivity contribution in [2.75, 3.05) is 0 Å². The Morgan fingerprint density at radius 1 is 1.15 bits per heavy atom. The van der Waals surface area contributed by atoms with Crippen LogP contribution in [-0.2, 0) is 0 Å². The molecule has 0 aliphatic carbocycles. The summed E-state index contributed by atoms with van der Waals surface area (Å²) in [5.41, 5.74) is 1.18. The van der Waals surface area contributed by atoms with Crippen molar-refractivity contribution in [3.63, 3.8) is 0 Å². The predicted molar refractivity (Wildman–Crippen MR) is 57.5 cm³/mol. The topological polar surface area (TPSA) is 0 Å². The number of hydrogen-bond acceptors (Lipinski definition) is 0. The van der Waals surface area contributed by atoms with E-state index in [1.807, 2.05) is 18.2 Å². The highest BCUT2D eigenvalue weighted by Crippen LogP contribution is 2.02. The Morgan fingerprint density at radius 3 is 2.62 bits per heavy atom. The average Bonchev–Trinajstić information content (AvgIpc) is 2.19. The number of rotatable bonds is 5. The van der Waals surface area contributed by atoms with Gasteiger partial charge in [-0.25, -0.2) is 0 Å². The molecule has 0 saturated heterocycles. The summed E-state index contributed by atoms with van der Waals surface area (Å²) < 4.78 is 0. The summed E-state index contributed by atoms with van der Waals surface area (Å²) in [6.07, 6.45) is 10.5. The van der Waals surface area contributed by atoms with Crippen molar-refractivity contribution in [1.29, 1.82) is 0 Å². The van der Waals surface area contributed by atoms with Crippen molar-refractivity contribution >= 4 is 0 Å². The molecule has 0 N–H and O–H groups in total. The first-order valence-electron chi connectivity index (χ1n) is 5.06. The lowest BCUT2D eigenvalue weighted by Crippen LogP contribution is -1.73. The van der Waals surface area contributed by atoms with Crippen LogP contribution in [0.25, 0.3) is 0 Å². The maximum atomic E-state index is 3.28. The summed E-state index contributed by atoms with van der Waals surface area (Å²) in [5, 5.41) is 0. The molecule has 1 rings (SSSR count). The van der Waals surface area contributed by atoms with Gasteiger partial charge in [-0.3, -0.25) is 0 Å². The molecule has 0 atom stereocenters. The summed E-state index contributed by atoms with van der Waals surface area (Å²) in [7, 11) is 0. The van der Waals surface area contributed by atoms with Crippen LogP contribution in [-0.4, -0.2) is 0 Å². The Balaban J connectivity index is 2.25. The SMILES string of the molecule is CCCCC/C=[C]\c1ccccc1. The van der Waals surface area contributed by atoms with Gasteiger partial charge in [0.15, 0.2) is 0 Å². The van der Waals surface area contributed by atoms with E-state index in [1.54, 1.807) is 0 Å². The molecule has 0 heterocycles. The Labute approximate surface area is 81.3 Å². The van der Waals surface area contributed by atoms with E-state index in [1.165, 1.54) is 24.8 Å². The molecule has 0 aromatic heterocycles. The lowest BCUT2D eigenvalue weighted by molar-refractivity contribution is 0.728. The van der Waals surface area contributed by atoms with Crippen LogP contribution in [0.4, 0.5) is 0 Å². The molecule has 0 aliphatic rings. The molecule has 0 amide bonds. The minimum absolute atomic E-state index is 1.16. The Kier molecular flexibility index (Phi) is 5.00. The average molecular weight is 173 g/mol. The lowest BCUT2D eigenvalue weighted by Gasteiger charge is -1.92. The van der Waals surface area contributed by atoms with Gasteiger partial charge in [-0.05, 0) is 24.5 Å². The second-order valence-electron chi connectivity index (χ2n) is 3.21. The normalized spacial score (nSPS) is 10.8. The van der Waals surface area contributed by atoms with Gasteiger partial charge in [-0.2, -0.15) is 0 Å². The first kappa shape index (κ1) is 10.0. The largest absolute Gasteiger partial charge is 0.0760 e. The minimum Gasteiger partial charge on any atom is -0.0760 e. The number of benzene rings is 1. The zero-order valence-corrected chi connectivity index (χ0v) is 8.29. The third-order valence-corrected chi connectivity index (χ3v) is 1.99. The Bertz CT molecular complexity index is 233. The van der Waals surface area contributed by atoms with Gasteiger partial charge in [0.25, 0.3) is 0 Å².